The number of aromatic nitrogens is 5. The summed E-state index contributed by atoms with van der Waals surface area (Å²) in [6.45, 7) is 14.7. The molecule has 0 bridgehead atoms. The number of nitrogens with zero attached hydrogens (tertiary/aromatic N) is 5. The third-order valence-electron chi connectivity index (χ3n) is 24.5. The molecular formula is C103H94BrCl6F5N10O10. The van der Waals surface area contributed by atoms with Crippen LogP contribution in [-0.2, 0) is 62.0 Å². The molecule has 0 saturated heterocycles. The predicted octanol–water partition coefficient (Wildman–Crippen LogP) is 28.1. The van der Waals surface area contributed by atoms with Gasteiger partial charge in [0.05, 0.1) is 38.1 Å². The topological polar surface area (TPSA) is 227 Å². The molecule has 10 heterocycles. The molecule has 5 atom stereocenters. The maximum atomic E-state index is 13.9. The van der Waals surface area contributed by atoms with E-state index < -0.39 is 47.6 Å². The molecule has 700 valence electrons. The molecule has 20 nitrogen and oxygen atoms in total. The Balaban J connectivity index is 0.000000123. The molecule has 20 rings (SSSR count). The number of alkyl halides is 3. The Bertz CT molecular complexity index is 6910. The number of nitrogens with one attached hydrogen (secondary N) is 5. The van der Waals surface area contributed by atoms with Crippen LogP contribution in [0.3, 0.4) is 0 Å². The van der Waals surface area contributed by atoms with Crippen LogP contribution >= 0.6 is 85.5 Å². The molecule has 0 saturated carbocycles. The molecule has 32 heteroatoms. The average molecular weight is 2020 g/mol. The molecule has 10 aromatic carbocycles. The highest BCUT2D eigenvalue weighted by atomic mass is 79.9. The van der Waals surface area contributed by atoms with Crippen LogP contribution in [0.2, 0.25) is 30.1 Å². The first-order chi connectivity index (χ1) is 65.0. The zero-order valence-electron chi connectivity index (χ0n) is 74.1. The maximum Gasteiger partial charge on any atom is 0.416 e. The van der Waals surface area contributed by atoms with Crippen LogP contribution in [-0.4, -0.2) is 145 Å². The standard InChI is InChI=1S/C21H20BrClN2O2.C21H20Cl2N2O2.C21H18ClF3N2O2.C20H17ClF2N2O2.C20H19ClN2O2/c1-2-11-27-21(26)25-10-9-16-17-12-15(23)7-8-18(17)24-19(16)20(25)13-3-5-14(22)6-4-13;1-12(2)27-21(26)25-10-9-16-17-11-15(23)7-8-18(17)24-19(16)20(25)13-3-5-14(22)6-4-13;1-2-29-20(28)27-9-8-15-16-11-14(22)6-7-17(16)26-18(15)19(27)12-4-3-5-13(10-12)21(23,24)25;1-2-27-20(26)25-8-7-13-14-10-12(21)4-6-17(14)24-18(13)19(25)11-3-5-15(22)16(23)9-11;1-2-25-20(24)23-11-10-15-16-12-14(21)8-9-17(16)22-18(15)19(23)13-6-4-3-5-7-13/h3-8,12,20,24H,2,9-11H2,1H3;3-8,11-12,20,24H,9-10H2,1-2H3;3-7,10-11,19,26H,2,8-9H2,1H3;3-6,9-10,19,24H,2,7-8H2,1H3;3-9,12,19,22H,2,10-11H2,1H3. The Kier molecular flexibility index (Phi) is 29.8. The van der Waals surface area contributed by atoms with E-state index in [9.17, 15) is 45.9 Å². The molecule has 0 fully saturated rings. The number of rotatable bonds is 11. The van der Waals surface area contributed by atoms with Gasteiger partial charge in [-0.05, 0) is 268 Å². The van der Waals surface area contributed by atoms with E-state index in [4.69, 9.17) is 93.3 Å². The number of ether oxygens (including phenoxy) is 5. The number of amides is 5. The van der Waals surface area contributed by atoms with Gasteiger partial charge in [0.15, 0.2) is 11.6 Å². The van der Waals surface area contributed by atoms with Gasteiger partial charge in [-0.2, -0.15) is 13.2 Å². The van der Waals surface area contributed by atoms with Gasteiger partial charge in [-0.25, -0.2) is 32.8 Å². The number of carbonyl (C=O) groups is 5. The molecule has 5 N–H and O–H groups in total. The SMILES string of the molecule is CC(C)OC(=O)N1CCc2c([nH]c3ccc(Cl)cc23)C1c1ccc(Cl)cc1.CCCOC(=O)N1CCc2c([nH]c3ccc(Cl)cc23)C1c1ccc(Br)cc1.CCOC(=O)N1CCc2c([nH]c3ccc(Cl)cc23)C1c1ccc(F)c(F)c1.CCOC(=O)N1CCc2c([nH]c3ccc(Cl)cc23)C1c1cccc(C(F)(F)F)c1.CCOC(=O)N1CCc2c([nH]c3ccc(Cl)cc23)C1c1ccccc1. The molecule has 0 spiro atoms. The lowest BCUT2D eigenvalue weighted by Gasteiger charge is -2.35. The second-order valence-corrected chi connectivity index (χ2v) is 36.8. The molecule has 5 amide bonds. The summed E-state index contributed by atoms with van der Waals surface area (Å²) < 4.78 is 94.8. The van der Waals surface area contributed by atoms with Crippen LogP contribution in [0.5, 0.6) is 0 Å². The number of hydrogen-bond donors (Lipinski definition) is 5. The van der Waals surface area contributed by atoms with E-state index in [0.717, 1.165) is 165 Å². The van der Waals surface area contributed by atoms with Crippen LogP contribution in [0.1, 0.15) is 168 Å². The summed E-state index contributed by atoms with van der Waals surface area (Å²) in [7, 11) is 0. The number of benzene rings is 10. The van der Waals surface area contributed by atoms with Crippen molar-refractivity contribution >= 4 is 171 Å². The van der Waals surface area contributed by atoms with E-state index in [-0.39, 0.29) is 55.7 Å². The van der Waals surface area contributed by atoms with Gasteiger partial charge in [0.2, 0.25) is 0 Å². The van der Waals surface area contributed by atoms with E-state index >= 15 is 0 Å². The van der Waals surface area contributed by atoms with Crippen LogP contribution in [0, 0.1) is 11.6 Å². The fraction of sp³-hybridized carbons (Fsp3) is 0.272. The van der Waals surface area contributed by atoms with Crippen molar-refractivity contribution in [3.8, 4) is 0 Å². The van der Waals surface area contributed by atoms with Gasteiger partial charge >= 0.3 is 36.6 Å². The van der Waals surface area contributed by atoms with Crippen molar-refractivity contribution in [1.29, 1.82) is 0 Å². The summed E-state index contributed by atoms with van der Waals surface area (Å²) in [4.78, 5) is 88.7. The first-order valence-corrected chi connectivity index (χ1v) is 47.4. The van der Waals surface area contributed by atoms with E-state index in [2.05, 4.69) is 40.8 Å². The fourth-order valence-corrected chi connectivity index (χ4v) is 19.9. The second-order valence-electron chi connectivity index (χ2n) is 33.2. The van der Waals surface area contributed by atoms with Crippen molar-refractivity contribution in [2.24, 2.45) is 0 Å². The Hall–Kier alpha value is -11.9. The minimum atomic E-state index is -4.48. The summed E-state index contributed by atoms with van der Waals surface area (Å²) in [5.41, 5.74) is 18.1. The summed E-state index contributed by atoms with van der Waals surface area (Å²) in [6, 6.07) is 61.0. The quantitative estimate of drug-likeness (QED) is 0.0608. The van der Waals surface area contributed by atoms with E-state index in [1.807, 2.05) is 190 Å². The Morgan fingerprint density at radius 1 is 0.356 bits per heavy atom. The van der Waals surface area contributed by atoms with Gasteiger partial charge in [0, 0.05) is 150 Å². The monoisotopic (exact) mass is 2010 g/mol. The van der Waals surface area contributed by atoms with Crippen molar-refractivity contribution in [2.45, 2.75) is 123 Å². The van der Waals surface area contributed by atoms with E-state index in [1.54, 1.807) is 41.8 Å². The molecule has 5 aromatic heterocycles. The van der Waals surface area contributed by atoms with Gasteiger partial charge in [-0.3, -0.25) is 24.5 Å². The third-order valence-corrected chi connectivity index (χ3v) is 26.4. The lowest BCUT2D eigenvalue weighted by atomic mass is 9.92. The smallest absolute Gasteiger partial charge is 0.416 e. The van der Waals surface area contributed by atoms with Crippen LogP contribution < -0.4 is 0 Å². The highest BCUT2D eigenvalue weighted by Gasteiger charge is 2.43. The molecular weight excluding hydrogens is 1920 g/mol. The van der Waals surface area contributed by atoms with Crippen molar-refractivity contribution in [3.05, 3.63) is 348 Å². The van der Waals surface area contributed by atoms with Gasteiger partial charge in [0.25, 0.3) is 0 Å². The zero-order valence-corrected chi connectivity index (χ0v) is 80.3. The summed E-state index contributed by atoms with van der Waals surface area (Å²) >= 11 is 40.5. The fourth-order valence-electron chi connectivity index (χ4n) is 18.7. The predicted molar refractivity (Wildman–Crippen MR) is 522 cm³/mol. The van der Waals surface area contributed by atoms with Gasteiger partial charge in [-0.15, -0.1) is 0 Å². The average Bonchev–Trinajstić information content (AvgIpc) is 1.63. The van der Waals surface area contributed by atoms with Crippen molar-refractivity contribution in [1.82, 2.24) is 49.4 Å². The molecule has 5 aliphatic heterocycles. The minimum absolute atomic E-state index is 0.175. The lowest BCUT2D eigenvalue weighted by Crippen LogP contribution is -2.41. The summed E-state index contributed by atoms with van der Waals surface area (Å²) in [5, 5.41) is 9.23. The largest absolute Gasteiger partial charge is 0.450 e. The highest BCUT2D eigenvalue weighted by molar-refractivity contribution is 9.10. The van der Waals surface area contributed by atoms with Crippen molar-refractivity contribution in [2.75, 3.05) is 59.2 Å². The van der Waals surface area contributed by atoms with E-state index in [1.165, 1.54) is 38.6 Å². The van der Waals surface area contributed by atoms with Crippen molar-refractivity contribution in [3.63, 3.8) is 0 Å². The van der Waals surface area contributed by atoms with Gasteiger partial charge in [-0.1, -0.05) is 165 Å². The number of aromatic amines is 5. The van der Waals surface area contributed by atoms with Crippen LogP contribution in [0.25, 0.3) is 54.5 Å². The summed E-state index contributed by atoms with van der Waals surface area (Å²) in [6.07, 6.45) is -2.32. The zero-order chi connectivity index (χ0) is 95.4. The van der Waals surface area contributed by atoms with Crippen LogP contribution in [0.15, 0.2) is 217 Å². The molecule has 0 aliphatic carbocycles. The molecule has 5 unspecified atom stereocenters. The first-order valence-electron chi connectivity index (χ1n) is 44.4. The molecule has 135 heavy (non-hydrogen) atoms. The number of hydrogen-bond acceptors (Lipinski definition) is 10. The molecule has 5 aliphatic rings. The Morgan fingerprint density at radius 2 is 0.652 bits per heavy atom. The number of fused-ring (bicyclic) bond motifs is 15. The first kappa shape index (κ1) is 96.2. The molecule has 0 radical (unpaired) electrons. The number of halogens is 12. The normalized spacial score (nSPS) is 16.6. The van der Waals surface area contributed by atoms with Gasteiger partial charge < -0.3 is 48.6 Å². The summed E-state index contributed by atoms with van der Waals surface area (Å²) in [5.74, 6) is -1.89. The highest BCUT2D eigenvalue weighted by Crippen LogP contribution is 2.47. The maximum absolute atomic E-state index is 13.9. The third kappa shape index (κ3) is 20.6. The molecule has 15 aromatic rings. The number of carbonyl (C=O) groups excluding carboxylic acids is 5. The Labute approximate surface area is 813 Å². The number of H-pyrrole nitrogens is 5. The minimum Gasteiger partial charge on any atom is -0.450 e. The Morgan fingerprint density at radius 3 is 0.978 bits per heavy atom. The van der Waals surface area contributed by atoms with E-state index in [0.29, 0.717) is 101 Å². The van der Waals surface area contributed by atoms with Crippen molar-refractivity contribution < 1.29 is 69.6 Å². The van der Waals surface area contributed by atoms with Gasteiger partial charge in [0.1, 0.15) is 30.2 Å². The van der Waals surface area contributed by atoms with Crippen LogP contribution in [0.4, 0.5) is 45.9 Å². The lowest BCUT2D eigenvalue weighted by molar-refractivity contribution is -0.137. The second kappa shape index (κ2) is 41.8.